The maximum absolute atomic E-state index is 12.6. The Labute approximate surface area is 128 Å². The van der Waals surface area contributed by atoms with E-state index in [1.807, 2.05) is 26.0 Å². The van der Waals surface area contributed by atoms with Crippen molar-refractivity contribution >= 4 is 10.2 Å². The van der Waals surface area contributed by atoms with Gasteiger partial charge in [-0.25, -0.2) is 0 Å². The first-order chi connectivity index (χ1) is 9.80. The van der Waals surface area contributed by atoms with Gasteiger partial charge in [-0.15, -0.1) is 0 Å². The zero-order chi connectivity index (χ0) is 15.6. The summed E-state index contributed by atoms with van der Waals surface area (Å²) in [6, 6.07) is 6.15. The second kappa shape index (κ2) is 6.46. The lowest BCUT2D eigenvalue weighted by Gasteiger charge is -2.32. The molecule has 0 aromatic heterocycles. The van der Waals surface area contributed by atoms with Gasteiger partial charge in [0.25, 0.3) is 10.2 Å². The average molecular weight is 310 g/mol. The van der Waals surface area contributed by atoms with Crippen LogP contribution in [0.4, 0.5) is 0 Å². The second-order valence-corrected chi connectivity index (χ2v) is 8.31. The van der Waals surface area contributed by atoms with Crippen molar-refractivity contribution in [3.05, 3.63) is 34.9 Å². The maximum atomic E-state index is 12.6. The SMILES string of the molecule is Cc1ccc(CN(C)S(=O)(=O)N2CCC(C)CC2)c(C)c1. The zero-order valence-electron chi connectivity index (χ0n) is 13.5. The van der Waals surface area contributed by atoms with E-state index < -0.39 is 10.2 Å². The first kappa shape index (κ1) is 16.5. The third kappa shape index (κ3) is 3.84. The predicted octanol–water partition coefficient (Wildman–Crippen LogP) is 2.71. The molecule has 0 amide bonds. The Morgan fingerprint density at radius 2 is 1.86 bits per heavy atom. The van der Waals surface area contributed by atoms with Gasteiger partial charge in [0.05, 0.1) is 0 Å². The Hall–Kier alpha value is -0.910. The summed E-state index contributed by atoms with van der Waals surface area (Å²) in [6.07, 6.45) is 1.91. The summed E-state index contributed by atoms with van der Waals surface area (Å²) < 4.78 is 28.3. The van der Waals surface area contributed by atoms with Crippen LogP contribution in [0.2, 0.25) is 0 Å². The van der Waals surface area contributed by atoms with E-state index in [1.165, 1.54) is 9.87 Å². The van der Waals surface area contributed by atoms with Gasteiger partial charge in [-0.1, -0.05) is 30.7 Å². The molecular formula is C16H26N2O2S. The van der Waals surface area contributed by atoms with Gasteiger partial charge in [0.1, 0.15) is 0 Å². The summed E-state index contributed by atoms with van der Waals surface area (Å²) in [7, 11) is -1.67. The fourth-order valence-corrected chi connectivity index (χ4v) is 4.13. The van der Waals surface area contributed by atoms with Crippen LogP contribution in [0.25, 0.3) is 0 Å². The molecule has 118 valence electrons. The van der Waals surface area contributed by atoms with Crippen molar-refractivity contribution in [2.75, 3.05) is 20.1 Å². The minimum atomic E-state index is -3.34. The van der Waals surface area contributed by atoms with Crippen LogP contribution < -0.4 is 0 Å². The minimum absolute atomic E-state index is 0.431. The molecule has 1 aromatic carbocycles. The zero-order valence-corrected chi connectivity index (χ0v) is 14.3. The van der Waals surface area contributed by atoms with Gasteiger partial charge in [0, 0.05) is 26.7 Å². The third-order valence-electron chi connectivity index (χ3n) is 4.35. The fraction of sp³-hybridized carbons (Fsp3) is 0.625. The molecule has 1 saturated heterocycles. The molecule has 1 aliphatic rings. The van der Waals surface area contributed by atoms with Gasteiger partial charge < -0.3 is 0 Å². The number of nitrogens with zero attached hydrogens (tertiary/aromatic N) is 2. The normalized spacial score (nSPS) is 18.3. The summed E-state index contributed by atoms with van der Waals surface area (Å²) in [5.41, 5.74) is 3.41. The number of hydrogen-bond acceptors (Lipinski definition) is 2. The molecule has 2 rings (SSSR count). The summed E-state index contributed by atoms with van der Waals surface area (Å²) in [5.74, 6) is 0.626. The van der Waals surface area contributed by atoms with E-state index in [0.717, 1.165) is 24.0 Å². The molecule has 1 aromatic rings. The quantitative estimate of drug-likeness (QED) is 0.858. The molecule has 0 saturated carbocycles. The molecule has 0 unspecified atom stereocenters. The fourth-order valence-electron chi connectivity index (χ4n) is 2.76. The highest BCUT2D eigenvalue weighted by atomic mass is 32.2. The molecule has 1 heterocycles. The van der Waals surface area contributed by atoms with Crippen molar-refractivity contribution in [1.82, 2.24) is 8.61 Å². The van der Waals surface area contributed by atoms with Crippen LogP contribution in [0, 0.1) is 19.8 Å². The van der Waals surface area contributed by atoms with Gasteiger partial charge in [-0.3, -0.25) is 0 Å². The van der Waals surface area contributed by atoms with Crippen LogP contribution in [0.15, 0.2) is 18.2 Å². The Morgan fingerprint density at radius 1 is 1.24 bits per heavy atom. The van der Waals surface area contributed by atoms with Crippen LogP contribution in [-0.2, 0) is 16.8 Å². The van der Waals surface area contributed by atoms with Crippen LogP contribution in [0.5, 0.6) is 0 Å². The Bertz CT molecular complexity index is 590. The number of benzene rings is 1. The molecule has 0 bridgehead atoms. The number of aryl methyl sites for hydroxylation is 2. The molecule has 21 heavy (non-hydrogen) atoms. The lowest BCUT2D eigenvalue weighted by molar-refractivity contribution is 0.269. The van der Waals surface area contributed by atoms with Crippen molar-refractivity contribution in [3.63, 3.8) is 0 Å². The number of rotatable bonds is 4. The number of piperidine rings is 1. The maximum Gasteiger partial charge on any atom is 0.282 e. The van der Waals surface area contributed by atoms with Crippen molar-refractivity contribution in [1.29, 1.82) is 0 Å². The van der Waals surface area contributed by atoms with E-state index in [0.29, 0.717) is 25.6 Å². The van der Waals surface area contributed by atoms with Gasteiger partial charge in [-0.2, -0.15) is 17.0 Å². The Balaban J connectivity index is 2.09. The first-order valence-corrected chi connectivity index (χ1v) is 8.98. The summed E-state index contributed by atoms with van der Waals surface area (Å²) >= 11 is 0. The molecule has 1 fully saturated rings. The average Bonchev–Trinajstić information content (AvgIpc) is 2.42. The van der Waals surface area contributed by atoms with Crippen molar-refractivity contribution in [2.45, 2.75) is 40.2 Å². The standard InChI is InChI=1S/C16H26N2O2S/c1-13-7-9-18(10-8-13)21(19,20)17(4)12-16-6-5-14(2)11-15(16)3/h5-6,11,13H,7-10,12H2,1-4H3. The van der Waals surface area contributed by atoms with Crippen molar-refractivity contribution < 1.29 is 8.42 Å². The molecule has 0 N–H and O–H groups in total. The van der Waals surface area contributed by atoms with Gasteiger partial charge in [0.15, 0.2) is 0 Å². The molecular weight excluding hydrogens is 284 g/mol. The van der Waals surface area contributed by atoms with Crippen molar-refractivity contribution in [2.24, 2.45) is 5.92 Å². The monoisotopic (exact) mass is 310 g/mol. The highest BCUT2D eigenvalue weighted by molar-refractivity contribution is 7.86. The van der Waals surface area contributed by atoms with Crippen LogP contribution in [-0.4, -0.2) is 37.2 Å². The van der Waals surface area contributed by atoms with Crippen LogP contribution in [0.1, 0.15) is 36.5 Å². The number of hydrogen-bond donors (Lipinski definition) is 0. The predicted molar refractivity (Wildman–Crippen MR) is 86.3 cm³/mol. The van der Waals surface area contributed by atoms with E-state index in [4.69, 9.17) is 0 Å². The van der Waals surface area contributed by atoms with E-state index >= 15 is 0 Å². The summed E-state index contributed by atoms with van der Waals surface area (Å²) in [4.78, 5) is 0. The van der Waals surface area contributed by atoms with Gasteiger partial charge in [-0.05, 0) is 43.7 Å². The van der Waals surface area contributed by atoms with E-state index in [1.54, 1.807) is 11.4 Å². The Kier molecular flexibility index (Phi) is 5.07. The molecule has 5 heteroatoms. The molecule has 4 nitrogen and oxygen atoms in total. The van der Waals surface area contributed by atoms with Crippen LogP contribution >= 0.6 is 0 Å². The van der Waals surface area contributed by atoms with E-state index in [2.05, 4.69) is 13.0 Å². The smallest absolute Gasteiger partial charge is 0.195 e. The van der Waals surface area contributed by atoms with E-state index in [9.17, 15) is 8.42 Å². The van der Waals surface area contributed by atoms with E-state index in [-0.39, 0.29) is 0 Å². The third-order valence-corrected chi connectivity index (χ3v) is 6.29. The highest BCUT2D eigenvalue weighted by Gasteiger charge is 2.30. The lowest BCUT2D eigenvalue weighted by Crippen LogP contribution is -2.45. The topological polar surface area (TPSA) is 40.6 Å². The molecule has 0 aliphatic carbocycles. The van der Waals surface area contributed by atoms with Crippen LogP contribution in [0.3, 0.4) is 0 Å². The molecule has 0 radical (unpaired) electrons. The van der Waals surface area contributed by atoms with Gasteiger partial charge >= 0.3 is 0 Å². The first-order valence-electron chi connectivity index (χ1n) is 7.58. The minimum Gasteiger partial charge on any atom is -0.195 e. The summed E-state index contributed by atoms with van der Waals surface area (Å²) in [6.45, 7) is 7.97. The second-order valence-electron chi connectivity index (χ2n) is 6.28. The molecule has 0 atom stereocenters. The molecule has 1 aliphatic heterocycles. The highest BCUT2D eigenvalue weighted by Crippen LogP contribution is 2.22. The van der Waals surface area contributed by atoms with Gasteiger partial charge in [0.2, 0.25) is 0 Å². The molecule has 0 spiro atoms. The van der Waals surface area contributed by atoms with Crippen molar-refractivity contribution in [3.8, 4) is 0 Å². The Morgan fingerprint density at radius 3 is 2.43 bits per heavy atom. The summed E-state index contributed by atoms with van der Waals surface area (Å²) in [5, 5.41) is 0. The lowest BCUT2D eigenvalue weighted by atomic mass is 10.0. The largest absolute Gasteiger partial charge is 0.282 e.